The summed E-state index contributed by atoms with van der Waals surface area (Å²) in [7, 11) is 0. The van der Waals surface area contributed by atoms with Crippen molar-refractivity contribution in [1.29, 1.82) is 0 Å². The van der Waals surface area contributed by atoms with Gasteiger partial charge in [-0.3, -0.25) is 0 Å². The predicted molar refractivity (Wildman–Crippen MR) is 77.2 cm³/mol. The van der Waals surface area contributed by atoms with Crippen LogP contribution < -0.4 is 10.5 Å². The highest BCUT2D eigenvalue weighted by Crippen LogP contribution is 2.21. The van der Waals surface area contributed by atoms with Gasteiger partial charge in [-0.25, -0.2) is 4.39 Å². The van der Waals surface area contributed by atoms with Crippen LogP contribution in [0.5, 0.6) is 5.75 Å². The summed E-state index contributed by atoms with van der Waals surface area (Å²) >= 11 is 0. The highest BCUT2D eigenvalue weighted by Gasteiger charge is 2.16. The van der Waals surface area contributed by atoms with E-state index in [1.165, 1.54) is 6.07 Å². The van der Waals surface area contributed by atoms with E-state index in [1.807, 2.05) is 0 Å². The number of hydrogen-bond acceptors (Lipinski definition) is 4. The van der Waals surface area contributed by atoms with Crippen molar-refractivity contribution in [2.24, 2.45) is 5.73 Å². The number of hydrogen-bond donors (Lipinski definition) is 3. The minimum Gasteiger partial charge on any atom is -0.489 e. The van der Waals surface area contributed by atoms with Crippen LogP contribution in [0.2, 0.25) is 0 Å². The zero-order valence-corrected chi connectivity index (χ0v) is 11.4. The van der Waals surface area contributed by atoms with E-state index in [0.29, 0.717) is 16.9 Å². The van der Waals surface area contributed by atoms with E-state index in [9.17, 15) is 14.6 Å². The number of halogens is 1. The largest absolute Gasteiger partial charge is 0.489 e. The quantitative estimate of drug-likeness (QED) is 0.758. The van der Waals surface area contributed by atoms with Gasteiger partial charge in [0.2, 0.25) is 0 Å². The zero-order chi connectivity index (χ0) is 15.2. The van der Waals surface area contributed by atoms with Gasteiger partial charge in [-0.05, 0) is 23.8 Å². The molecule has 2 aromatic carbocycles. The van der Waals surface area contributed by atoms with Crippen LogP contribution in [0.25, 0.3) is 0 Å². The Balaban J connectivity index is 1.98. The van der Waals surface area contributed by atoms with Crippen LogP contribution in [0.4, 0.5) is 4.39 Å². The Bertz CT molecular complexity index is 574. The first-order valence-corrected chi connectivity index (χ1v) is 6.64. The molecule has 0 saturated heterocycles. The molecule has 4 nitrogen and oxygen atoms in total. The molecule has 2 aromatic rings. The highest BCUT2D eigenvalue weighted by molar-refractivity contribution is 5.29. The molecule has 0 bridgehead atoms. The minimum atomic E-state index is -1.03. The van der Waals surface area contributed by atoms with E-state index in [1.54, 1.807) is 42.5 Å². The van der Waals surface area contributed by atoms with E-state index in [-0.39, 0.29) is 19.0 Å². The average Bonchev–Trinajstić information content (AvgIpc) is 2.53. The van der Waals surface area contributed by atoms with Crippen LogP contribution in [-0.2, 0) is 6.61 Å². The molecular formula is C16H18FNO3. The number of aliphatic hydroxyl groups is 2. The topological polar surface area (TPSA) is 75.7 Å². The SMILES string of the molecule is NCC(O)C(O)c1ccc(OCc2ccccc2F)cc1. The van der Waals surface area contributed by atoms with Gasteiger partial charge in [0.25, 0.3) is 0 Å². The summed E-state index contributed by atoms with van der Waals surface area (Å²) in [4.78, 5) is 0. The second-order valence-electron chi connectivity index (χ2n) is 4.70. The Morgan fingerprint density at radius 1 is 1.05 bits per heavy atom. The average molecular weight is 291 g/mol. The van der Waals surface area contributed by atoms with E-state index in [0.717, 1.165) is 0 Å². The Morgan fingerprint density at radius 3 is 2.33 bits per heavy atom. The molecule has 0 aliphatic rings. The standard InChI is InChI=1S/C16H18FNO3/c17-14-4-2-1-3-12(14)10-21-13-7-5-11(6-8-13)16(20)15(19)9-18/h1-8,15-16,19-20H,9-10,18H2. The van der Waals surface area contributed by atoms with Gasteiger partial charge in [-0.2, -0.15) is 0 Å². The molecule has 2 unspecified atom stereocenters. The molecule has 0 saturated carbocycles. The molecule has 0 fully saturated rings. The molecule has 21 heavy (non-hydrogen) atoms. The smallest absolute Gasteiger partial charge is 0.129 e. The van der Waals surface area contributed by atoms with Crippen LogP contribution in [-0.4, -0.2) is 22.9 Å². The summed E-state index contributed by atoms with van der Waals surface area (Å²) in [5, 5.41) is 19.3. The fourth-order valence-electron chi connectivity index (χ4n) is 1.89. The van der Waals surface area contributed by atoms with E-state index < -0.39 is 12.2 Å². The number of ether oxygens (including phenoxy) is 1. The van der Waals surface area contributed by atoms with Crippen LogP contribution in [0.3, 0.4) is 0 Å². The Kier molecular flexibility index (Phi) is 5.27. The summed E-state index contributed by atoms with van der Waals surface area (Å²) in [6.45, 7) is 0.104. The molecule has 2 rings (SSSR count). The van der Waals surface area contributed by atoms with E-state index in [2.05, 4.69) is 0 Å². The van der Waals surface area contributed by atoms with Crippen LogP contribution in [0.1, 0.15) is 17.2 Å². The van der Waals surface area contributed by atoms with Crippen LogP contribution in [0.15, 0.2) is 48.5 Å². The molecule has 2 atom stereocenters. The van der Waals surface area contributed by atoms with Gasteiger partial charge in [0.15, 0.2) is 0 Å². The van der Waals surface area contributed by atoms with Crippen molar-refractivity contribution in [2.75, 3.05) is 6.54 Å². The first-order valence-electron chi connectivity index (χ1n) is 6.64. The van der Waals surface area contributed by atoms with Gasteiger partial charge in [0, 0.05) is 12.1 Å². The molecule has 0 amide bonds. The fourth-order valence-corrected chi connectivity index (χ4v) is 1.89. The Labute approximate surface area is 122 Å². The van der Waals surface area contributed by atoms with Gasteiger partial charge < -0.3 is 20.7 Å². The number of aliphatic hydroxyl groups excluding tert-OH is 2. The third-order valence-corrected chi connectivity index (χ3v) is 3.18. The van der Waals surface area contributed by atoms with Crippen molar-refractivity contribution in [1.82, 2.24) is 0 Å². The molecule has 112 valence electrons. The lowest BCUT2D eigenvalue weighted by molar-refractivity contribution is 0.0243. The highest BCUT2D eigenvalue weighted by atomic mass is 19.1. The third kappa shape index (κ3) is 4.01. The molecule has 0 spiro atoms. The molecule has 0 aliphatic heterocycles. The van der Waals surface area contributed by atoms with Crippen molar-refractivity contribution in [3.63, 3.8) is 0 Å². The Hall–Kier alpha value is -1.95. The van der Waals surface area contributed by atoms with Gasteiger partial charge in [-0.15, -0.1) is 0 Å². The molecule has 0 heterocycles. The molecule has 0 aromatic heterocycles. The van der Waals surface area contributed by atoms with Gasteiger partial charge >= 0.3 is 0 Å². The summed E-state index contributed by atoms with van der Waals surface area (Å²) in [5.74, 6) is 0.243. The van der Waals surface area contributed by atoms with Crippen LogP contribution >= 0.6 is 0 Å². The summed E-state index contributed by atoms with van der Waals surface area (Å²) in [6.07, 6.45) is -2.04. The maximum Gasteiger partial charge on any atom is 0.129 e. The summed E-state index contributed by atoms with van der Waals surface area (Å²) in [5.41, 5.74) is 6.32. The molecule has 4 N–H and O–H groups in total. The van der Waals surface area contributed by atoms with Crippen molar-refractivity contribution >= 4 is 0 Å². The van der Waals surface area contributed by atoms with Gasteiger partial charge in [0.1, 0.15) is 24.3 Å². The van der Waals surface area contributed by atoms with E-state index in [4.69, 9.17) is 10.5 Å². The first kappa shape index (κ1) is 15.4. The second-order valence-corrected chi connectivity index (χ2v) is 4.70. The molecular weight excluding hydrogens is 273 g/mol. The lowest BCUT2D eigenvalue weighted by Crippen LogP contribution is -2.27. The fraction of sp³-hybridized carbons (Fsp3) is 0.250. The van der Waals surface area contributed by atoms with Gasteiger partial charge in [-0.1, -0.05) is 30.3 Å². The maximum atomic E-state index is 13.4. The Morgan fingerprint density at radius 2 is 1.71 bits per heavy atom. The van der Waals surface area contributed by atoms with Crippen molar-refractivity contribution in [3.8, 4) is 5.75 Å². The molecule has 0 aliphatic carbocycles. The molecule has 5 heteroatoms. The summed E-state index contributed by atoms with van der Waals surface area (Å²) in [6, 6.07) is 13.0. The maximum absolute atomic E-state index is 13.4. The van der Waals surface area contributed by atoms with Crippen molar-refractivity contribution in [3.05, 3.63) is 65.5 Å². The summed E-state index contributed by atoms with van der Waals surface area (Å²) < 4.78 is 18.9. The monoisotopic (exact) mass is 291 g/mol. The number of benzene rings is 2. The van der Waals surface area contributed by atoms with E-state index >= 15 is 0 Å². The zero-order valence-electron chi connectivity index (χ0n) is 11.4. The van der Waals surface area contributed by atoms with Crippen molar-refractivity contribution < 1.29 is 19.3 Å². The number of rotatable bonds is 6. The second kappa shape index (κ2) is 7.17. The molecule has 0 radical (unpaired) electrons. The van der Waals surface area contributed by atoms with Crippen molar-refractivity contribution in [2.45, 2.75) is 18.8 Å². The number of nitrogens with two attached hydrogens (primary N) is 1. The minimum absolute atomic E-state index is 0.0211. The first-order chi connectivity index (χ1) is 10.1. The lowest BCUT2D eigenvalue weighted by Gasteiger charge is -2.16. The van der Waals surface area contributed by atoms with Crippen LogP contribution in [0, 0.1) is 5.82 Å². The normalized spacial score (nSPS) is 13.7. The van der Waals surface area contributed by atoms with Gasteiger partial charge in [0.05, 0.1) is 6.10 Å². The third-order valence-electron chi connectivity index (χ3n) is 3.18. The predicted octanol–water partition coefficient (Wildman–Crippen LogP) is 1.76. The lowest BCUT2D eigenvalue weighted by atomic mass is 10.0.